The molecule has 0 saturated heterocycles. The third-order valence-electron chi connectivity index (χ3n) is 3.15. The summed E-state index contributed by atoms with van der Waals surface area (Å²) in [6.45, 7) is 3.77. The molecule has 2 heterocycles. The number of hydrogen-bond donors (Lipinski definition) is 2. The monoisotopic (exact) mass is 387 g/mol. The number of benzene rings is 1. The number of amides is 1. The van der Waals surface area contributed by atoms with E-state index in [1.807, 2.05) is 25.1 Å². The van der Waals surface area contributed by atoms with Gasteiger partial charge in [0, 0.05) is 22.9 Å². The zero-order valence-corrected chi connectivity index (χ0v) is 14.6. The first-order valence-electron chi connectivity index (χ1n) is 7.11. The maximum absolute atomic E-state index is 12.3. The standard InChI is InChI=1S/C16H14BrN5O2/c1-9-3-4-13(12(17)5-9)20-15(23)11-7-18-16(19-8-11)21-14-6-10(2)24-22-14/h3-8H,1-2H3,(H,20,23)(H,18,19,21,22). The van der Waals surface area contributed by atoms with Gasteiger partial charge in [-0.2, -0.15) is 0 Å². The summed E-state index contributed by atoms with van der Waals surface area (Å²) in [5.74, 6) is 1.23. The van der Waals surface area contributed by atoms with E-state index in [0.29, 0.717) is 28.8 Å². The van der Waals surface area contributed by atoms with Gasteiger partial charge < -0.3 is 15.2 Å². The summed E-state index contributed by atoms with van der Waals surface area (Å²) in [6.07, 6.45) is 2.89. The maximum Gasteiger partial charge on any atom is 0.258 e. The Morgan fingerprint density at radius 3 is 2.54 bits per heavy atom. The van der Waals surface area contributed by atoms with Crippen LogP contribution in [0.2, 0.25) is 0 Å². The number of halogens is 1. The van der Waals surface area contributed by atoms with Crippen molar-refractivity contribution in [2.45, 2.75) is 13.8 Å². The number of rotatable bonds is 4. The van der Waals surface area contributed by atoms with Crippen molar-refractivity contribution in [2.75, 3.05) is 10.6 Å². The lowest BCUT2D eigenvalue weighted by molar-refractivity contribution is 0.102. The van der Waals surface area contributed by atoms with Crippen LogP contribution in [0.15, 0.2) is 45.7 Å². The summed E-state index contributed by atoms with van der Waals surface area (Å²) >= 11 is 3.43. The van der Waals surface area contributed by atoms with Crippen LogP contribution in [0, 0.1) is 13.8 Å². The number of nitrogens with one attached hydrogen (secondary N) is 2. The lowest BCUT2D eigenvalue weighted by Gasteiger charge is -2.08. The predicted octanol–water partition coefficient (Wildman–Crippen LogP) is 3.84. The molecule has 24 heavy (non-hydrogen) atoms. The Kier molecular flexibility index (Phi) is 4.57. The van der Waals surface area contributed by atoms with Crippen molar-refractivity contribution < 1.29 is 9.32 Å². The Morgan fingerprint density at radius 2 is 1.92 bits per heavy atom. The minimum Gasteiger partial charge on any atom is -0.360 e. The average Bonchev–Trinajstić information content (AvgIpc) is 2.96. The summed E-state index contributed by atoms with van der Waals surface area (Å²) in [5, 5.41) is 9.49. The van der Waals surface area contributed by atoms with E-state index in [0.717, 1.165) is 10.0 Å². The fourth-order valence-electron chi connectivity index (χ4n) is 1.97. The highest BCUT2D eigenvalue weighted by atomic mass is 79.9. The molecule has 0 saturated carbocycles. The number of carbonyl (C=O) groups is 1. The number of anilines is 3. The third kappa shape index (κ3) is 3.77. The van der Waals surface area contributed by atoms with Crippen LogP contribution in [0.25, 0.3) is 0 Å². The molecular weight excluding hydrogens is 374 g/mol. The van der Waals surface area contributed by atoms with E-state index in [1.54, 1.807) is 13.0 Å². The molecule has 0 spiro atoms. The van der Waals surface area contributed by atoms with Crippen LogP contribution in [0.4, 0.5) is 17.5 Å². The van der Waals surface area contributed by atoms with Crippen LogP contribution in [-0.4, -0.2) is 21.0 Å². The van der Waals surface area contributed by atoms with E-state index in [4.69, 9.17) is 4.52 Å². The molecule has 3 aromatic rings. The molecule has 1 amide bonds. The maximum atomic E-state index is 12.3. The van der Waals surface area contributed by atoms with Crippen LogP contribution >= 0.6 is 15.9 Å². The third-order valence-corrected chi connectivity index (χ3v) is 3.81. The highest BCUT2D eigenvalue weighted by molar-refractivity contribution is 9.10. The average molecular weight is 388 g/mol. The van der Waals surface area contributed by atoms with Crippen LogP contribution in [-0.2, 0) is 0 Å². The smallest absolute Gasteiger partial charge is 0.258 e. The fourth-order valence-corrected chi connectivity index (χ4v) is 2.56. The van der Waals surface area contributed by atoms with Gasteiger partial charge in [0.1, 0.15) is 5.76 Å². The SMILES string of the molecule is Cc1ccc(NC(=O)c2cnc(Nc3cc(C)on3)nc2)c(Br)c1. The van der Waals surface area contributed by atoms with Crippen molar-refractivity contribution in [3.8, 4) is 0 Å². The van der Waals surface area contributed by atoms with Gasteiger partial charge in [0.15, 0.2) is 5.82 Å². The lowest BCUT2D eigenvalue weighted by Crippen LogP contribution is -2.13. The van der Waals surface area contributed by atoms with Gasteiger partial charge in [0.25, 0.3) is 5.91 Å². The van der Waals surface area contributed by atoms with Crippen molar-refractivity contribution in [3.05, 3.63) is 58.0 Å². The molecule has 2 N–H and O–H groups in total. The van der Waals surface area contributed by atoms with Crippen molar-refractivity contribution in [2.24, 2.45) is 0 Å². The molecule has 2 aromatic heterocycles. The Balaban J connectivity index is 1.69. The molecule has 3 rings (SSSR count). The van der Waals surface area contributed by atoms with E-state index in [1.165, 1.54) is 12.4 Å². The highest BCUT2D eigenvalue weighted by Gasteiger charge is 2.10. The first-order chi connectivity index (χ1) is 11.5. The second-order valence-corrected chi connectivity index (χ2v) is 6.03. The Labute approximate surface area is 146 Å². The second kappa shape index (κ2) is 6.79. The van der Waals surface area contributed by atoms with E-state index in [9.17, 15) is 4.79 Å². The van der Waals surface area contributed by atoms with Crippen molar-refractivity contribution in [1.29, 1.82) is 0 Å². The van der Waals surface area contributed by atoms with Crippen LogP contribution < -0.4 is 10.6 Å². The molecule has 0 bridgehead atoms. The second-order valence-electron chi connectivity index (χ2n) is 5.18. The van der Waals surface area contributed by atoms with E-state index in [-0.39, 0.29) is 5.91 Å². The summed E-state index contributed by atoms with van der Waals surface area (Å²) in [7, 11) is 0. The Morgan fingerprint density at radius 1 is 1.17 bits per heavy atom. The molecule has 0 radical (unpaired) electrons. The molecule has 122 valence electrons. The molecule has 7 nitrogen and oxygen atoms in total. The van der Waals surface area contributed by atoms with Crippen LogP contribution in [0.3, 0.4) is 0 Å². The zero-order valence-electron chi connectivity index (χ0n) is 13.0. The van der Waals surface area contributed by atoms with E-state index >= 15 is 0 Å². The summed E-state index contributed by atoms with van der Waals surface area (Å²) < 4.78 is 5.76. The van der Waals surface area contributed by atoms with Crippen LogP contribution in [0.5, 0.6) is 0 Å². The summed E-state index contributed by atoms with van der Waals surface area (Å²) in [6, 6.07) is 7.41. The first kappa shape index (κ1) is 16.1. The molecule has 0 unspecified atom stereocenters. The Bertz CT molecular complexity index is 876. The number of hydrogen-bond acceptors (Lipinski definition) is 6. The molecular formula is C16H14BrN5O2. The molecule has 0 fully saturated rings. The molecule has 8 heteroatoms. The van der Waals surface area contributed by atoms with E-state index in [2.05, 4.69) is 41.7 Å². The molecule has 0 aliphatic heterocycles. The lowest BCUT2D eigenvalue weighted by atomic mass is 10.2. The first-order valence-corrected chi connectivity index (χ1v) is 7.90. The van der Waals surface area contributed by atoms with E-state index < -0.39 is 0 Å². The number of nitrogens with zero attached hydrogens (tertiary/aromatic N) is 3. The normalized spacial score (nSPS) is 10.5. The molecule has 0 aliphatic rings. The zero-order chi connectivity index (χ0) is 17.1. The number of aromatic nitrogens is 3. The number of aryl methyl sites for hydroxylation is 2. The predicted molar refractivity (Wildman–Crippen MR) is 93.4 cm³/mol. The topological polar surface area (TPSA) is 92.9 Å². The largest absolute Gasteiger partial charge is 0.360 e. The van der Waals surface area contributed by atoms with Gasteiger partial charge in [-0.05, 0) is 47.5 Å². The van der Waals surface area contributed by atoms with Crippen LogP contribution in [0.1, 0.15) is 21.7 Å². The van der Waals surface area contributed by atoms with Gasteiger partial charge >= 0.3 is 0 Å². The Hall–Kier alpha value is -2.74. The minimum absolute atomic E-state index is 0.289. The minimum atomic E-state index is -0.289. The molecule has 1 aromatic carbocycles. The van der Waals surface area contributed by atoms with Gasteiger partial charge in [-0.25, -0.2) is 9.97 Å². The van der Waals surface area contributed by atoms with Gasteiger partial charge in [-0.15, -0.1) is 0 Å². The summed E-state index contributed by atoms with van der Waals surface area (Å²) in [4.78, 5) is 20.5. The van der Waals surface area contributed by atoms with Crippen molar-refractivity contribution in [1.82, 2.24) is 15.1 Å². The van der Waals surface area contributed by atoms with Gasteiger partial charge in [0.2, 0.25) is 5.95 Å². The highest BCUT2D eigenvalue weighted by Crippen LogP contribution is 2.24. The van der Waals surface area contributed by atoms with Crippen molar-refractivity contribution >= 4 is 39.3 Å². The fraction of sp³-hybridized carbons (Fsp3) is 0.125. The van der Waals surface area contributed by atoms with Gasteiger partial charge in [0.05, 0.1) is 11.3 Å². The van der Waals surface area contributed by atoms with Crippen molar-refractivity contribution in [3.63, 3.8) is 0 Å². The summed E-state index contributed by atoms with van der Waals surface area (Å²) in [5.41, 5.74) is 2.14. The number of carbonyl (C=O) groups excluding carboxylic acids is 1. The van der Waals surface area contributed by atoms with Gasteiger partial charge in [-0.3, -0.25) is 4.79 Å². The van der Waals surface area contributed by atoms with Gasteiger partial charge in [-0.1, -0.05) is 11.2 Å². The molecule has 0 aliphatic carbocycles. The quantitative estimate of drug-likeness (QED) is 0.706. The molecule has 0 atom stereocenters.